The van der Waals surface area contributed by atoms with Gasteiger partial charge in [-0.15, -0.1) is 0 Å². The number of amides is 1. The number of benzene rings is 2. The van der Waals surface area contributed by atoms with Gasteiger partial charge in [-0.25, -0.2) is 4.98 Å². The van der Waals surface area contributed by atoms with E-state index in [0.29, 0.717) is 12.2 Å². The number of anilines is 1. The number of hydrogen-bond acceptors (Lipinski definition) is 3. The van der Waals surface area contributed by atoms with Crippen molar-refractivity contribution in [2.24, 2.45) is 0 Å². The van der Waals surface area contributed by atoms with Crippen LogP contribution in [0.4, 0.5) is 5.69 Å². The smallest absolute Gasteiger partial charge is 0.232 e. The zero-order valence-corrected chi connectivity index (χ0v) is 13.6. The van der Waals surface area contributed by atoms with Crippen LogP contribution in [-0.2, 0) is 24.1 Å². The van der Waals surface area contributed by atoms with Gasteiger partial charge >= 0.3 is 0 Å². The third kappa shape index (κ3) is 4.29. The lowest BCUT2D eigenvalue weighted by molar-refractivity contribution is -0.115. The lowest BCUT2D eigenvalue weighted by atomic mass is 10.1. The van der Waals surface area contributed by atoms with Crippen molar-refractivity contribution >= 4 is 11.6 Å². The Morgan fingerprint density at radius 3 is 2.50 bits per heavy atom. The fourth-order valence-corrected chi connectivity index (χ4v) is 2.45. The van der Waals surface area contributed by atoms with Crippen molar-refractivity contribution in [1.82, 2.24) is 15.2 Å². The number of H-pyrrole nitrogens is 1. The number of aryl methyl sites for hydroxylation is 1. The number of aromatic nitrogens is 3. The number of nitrogens with one attached hydrogen (secondary N) is 2. The predicted octanol–water partition coefficient (Wildman–Crippen LogP) is 3.14. The topological polar surface area (TPSA) is 70.7 Å². The molecule has 1 aromatic heterocycles. The summed E-state index contributed by atoms with van der Waals surface area (Å²) >= 11 is 0. The van der Waals surface area contributed by atoms with Gasteiger partial charge in [0, 0.05) is 12.1 Å². The van der Waals surface area contributed by atoms with Crippen LogP contribution in [0.5, 0.6) is 0 Å². The first-order chi connectivity index (χ1) is 11.7. The Bertz CT molecular complexity index is 794. The Labute approximate surface area is 141 Å². The van der Waals surface area contributed by atoms with Crippen molar-refractivity contribution < 1.29 is 4.79 Å². The second kappa shape index (κ2) is 7.55. The van der Waals surface area contributed by atoms with E-state index in [-0.39, 0.29) is 12.3 Å². The van der Waals surface area contributed by atoms with Crippen molar-refractivity contribution in [3.05, 3.63) is 77.4 Å². The molecule has 3 aromatic rings. The maximum Gasteiger partial charge on any atom is 0.232 e. The average Bonchev–Trinajstić information content (AvgIpc) is 3.03. The molecule has 24 heavy (non-hydrogen) atoms. The standard InChI is InChI=1S/C19H20N4O/c1-2-14-8-10-16(11-9-14)20-19(24)13-18-21-17(22-23-18)12-15-6-4-3-5-7-15/h3-11H,2,12-13H2,1H3,(H,20,24)(H,21,22,23). The van der Waals surface area contributed by atoms with Gasteiger partial charge in [0.2, 0.25) is 5.91 Å². The molecule has 2 aromatic carbocycles. The second-order valence-electron chi connectivity index (χ2n) is 5.64. The average molecular weight is 320 g/mol. The quantitative estimate of drug-likeness (QED) is 0.733. The van der Waals surface area contributed by atoms with Crippen LogP contribution in [0, 0.1) is 0 Å². The molecule has 0 aliphatic heterocycles. The van der Waals surface area contributed by atoms with Crippen molar-refractivity contribution in [3.63, 3.8) is 0 Å². The predicted molar refractivity (Wildman–Crippen MR) is 93.8 cm³/mol. The number of hydrogen-bond donors (Lipinski definition) is 2. The van der Waals surface area contributed by atoms with Crippen molar-refractivity contribution in [3.8, 4) is 0 Å². The first kappa shape index (κ1) is 15.9. The van der Waals surface area contributed by atoms with Crippen LogP contribution in [0.1, 0.15) is 29.7 Å². The van der Waals surface area contributed by atoms with Gasteiger partial charge in [-0.05, 0) is 29.7 Å². The summed E-state index contributed by atoms with van der Waals surface area (Å²) in [5, 5.41) is 9.89. The first-order valence-corrected chi connectivity index (χ1v) is 8.06. The minimum Gasteiger partial charge on any atom is -0.326 e. The summed E-state index contributed by atoms with van der Waals surface area (Å²) in [6.07, 6.45) is 1.81. The molecular formula is C19H20N4O. The Morgan fingerprint density at radius 2 is 1.79 bits per heavy atom. The fourth-order valence-electron chi connectivity index (χ4n) is 2.45. The van der Waals surface area contributed by atoms with Crippen LogP contribution in [0.25, 0.3) is 0 Å². The molecule has 0 saturated heterocycles. The molecule has 0 bridgehead atoms. The van der Waals surface area contributed by atoms with E-state index in [1.54, 1.807) is 0 Å². The van der Waals surface area contributed by atoms with E-state index >= 15 is 0 Å². The monoisotopic (exact) mass is 320 g/mol. The summed E-state index contributed by atoms with van der Waals surface area (Å²) < 4.78 is 0. The van der Waals surface area contributed by atoms with Crippen molar-refractivity contribution in [2.45, 2.75) is 26.2 Å². The Morgan fingerprint density at radius 1 is 1.04 bits per heavy atom. The van der Waals surface area contributed by atoms with E-state index in [2.05, 4.69) is 27.4 Å². The van der Waals surface area contributed by atoms with Crippen LogP contribution >= 0.6 is 0 Å². The summed E-state index contributed by atoms with van der Waals surface area (Å²) in [6.45, 7) is 2.10. The minimum absolute atomic E-state index is 0.121. The first-order valence-electron chi connectivity index (χ1n) is 8.06. The van der Waals surface area contributed by atoms with Crippen LogP contribution in [0.15, 0.2) is 54.6 Å². The maximum absolute atomic E-state index is 12.1. The van der Waals surface area contributed by atoms with E-state index in [1.807, 2.05) is 54.6 Å². The van der Waals surface area contributed by atoms with E-state index in [1.165, 1.54) is 5.56 Å². The van der Waals surface area contributed by atoms with Crippen LogP contribution < -0.4 is 5.32 Å². The summed E-state index contributed by atoms with van der Waals surface area (Å²) in [4.78, 5) is 16.5. The summed E-state index contributed by atoms with van der Waals surface area (Å²) in [7, 11) is 0. The van der Waals surface area contributed by atoms with E-state index in [4.69, 9.17) is 0 Å². The maximum atomic E-state index is 12.1. The van der Waals surface area contributed by atoms with Gasteiger partial charge in [0.25, 0.3) is 0 Å². The molecular weight excluding hydrogens is 300 g/mol. The molecule has 0 fully saturated rings. The number of nitrogens with zero attached hydrogens (tertiary/aromatic N) is 2. The SMILES string of the molecule is CCc1ccc(NC(=O)Cc2n[nH]c(Cc3ccccc3)n2)cc1. The molecule has 0 saturated carbocycles. The molecule has 5 heteroatoms. The third-order valence-corrected chi connectivity index (χ3v) is 3.76. The van der Waals surface area contributed by atoms with Gasteiger partial charge in [-0.2, -0.15) is 5.10 Å². The molecule has 0 atom stereocenters. The van der Waals surface area contributed by atoms with Gasteiger partial charge in [0.05, 0.1) is 6.42 Å². The normalized spacial score (nSPS) is 10.5. The molecule has 0 spiro atoms. The lowest BCUT2D eigenvalue weighted by Crippen LogP contribution is -2.15. The minimum atomic E-state index is -0.121. The highest BCUT2D eigenvalue weighted by Crippen LogP contribution is 2.11. The van der Waals surface area contributed by atoms with Gasteiger partial charge in [0.15, 0.2) is 5.82 Å². The lowest BCUT2D eigenvalue weighted by Gasteiger charge is -2.04. The molecule has 122 valence electrons. The number of rotatable bonds is 6. The fraction of sp³-hybridized carbons (Fsp3) is 0.211. The summed E-state index contributed by atoms with van der Waals surface area (Å²) in [6, 6.07) is 17.9. The Balaban J connectivity index is 1.56. The molecule has 2 N–H and O–H groups in total. The molecule has 0 aliphatic carbocycles. The molecule has 0 aliphatic rings. The molecule has 3 rings (SSSR count). The van der Waals surface area contributed by atoms with Crippen LogP contribution in [0.2, 0.25) is 0 Å². The van der Waals surface area contributed by atoms with E-state index in [0.717, 1.165) is 23.5 Å². The highest BCUT2D eigenvalue weighted by atomic mass is 16.1. The Kier molecular flexibility index (Phi) is 5.01. The highest BCUT2D eigenvalue weighted by molar-refractivity contribution is 5.91. The molecule has 1 amide bonds. The largest absolute Gasteiger partial charge is 0.326 e. The molecule has 5 nitrogen and oxygen atoms in total. The number of carbonyl (C=O) groups is 1. The van der Waals surface area contributed by atoms with Crippen LogP contribution in [-0.4, -0.2) is 21.1 Å². The number of aromatic amines is 1. The molecule has 0 radical (unpaired) electrons. The third-order valence-electron chi connectivity index (χ3n) is 3.76. The van der Waals surface area contributed by atoms with Gasteiger partial charge in [0.1, 0.15) is 5.82 Å². The van der Waals surface area contributed by atoms with Crippen molar-refractivity contribution in [2.75, 3.05) is 5.32 Å². The molecule has 0 unspecified atom stereocenters. The van der Waals surface area contributed by atoms with E-state index < -0.39 is 0 Å². The number of carbonyl (C=O) groups excluding carboxylic acids is 1. The van der Waals surface area contributed by atoms with E-state index in [9.17, 15) is 4.79 Å². The van der Waals surface area contributed by atoms with Gasteiger partial charge in [-0.3, -0.25) is 9.89 Å². The zero-order valence-electron chi connectivity index (χ0n) is 13.6. The second-order valence-corrected chi connectivity index (χ2v) is 5.64. The molecule has 1 heterocycles. The van der Waals surface area contributed by atoms with Crippen molar-refractivity contribution in [1.29, 1.82) is 0 Å². The summed E-state index contributed by atoms with van der Waals surface area (Å²) in [5.41, 5.74) is 3.19. The highest BCUT2D eigenvalue weighted by Gasteiger charge is 2.10. The van der Waals surface area contributed by atoms with Crippen LogP contribution in [0.3, 0.4) is 0 Å². The summed E-state index contributed by atoms with van der Waals surface area (Å²) in [5.74, 6) is 1.14. The van der Waals surface area contributed by atoms with Gasteiger partial charge < -0.3 is 5.32 Å². The van der Waals surface area contributed by atoms with Gasteiger partial charge in [-0.1, -0.05) is 49.4 Å². The Hall–Kier alpha value is -2.95. The zero-order chi connectivity index (χ0) is 16.8.